The zero-order chi connectivity index (χ0) is 42.9. The van der Waals surface area contributed by atoms with Gasteiger partial charge < -0.3 is 55.1 Å². The van der Waals surface area contributed by atoms with Crippen LogP contribution in [0.5, 0.6) is 0 Å². The Bertz CT molecular complexity index is 1730. The summed E-state index contributed by atoms with van der Waals surface area (Å²) in [6, 6.07) is 0. The van der Waals surface area contributed by atoms with Crippen LogP contribution in [0.4, 0.5) is 0 Å². The summed E-state index contributed by atoms with van der Waals surface area (Å²) >= 11 is 0. The lowest BCUT2D eigenvalue weighted by Crippen LogP contribution is -2.68. The molecule has 0 radical (unpaired) electrons. The van der Waals surface area contributed by atoms with E-state index in [-0.39, 0.29) is 34.4 Å². The Morgan fingerprint density at radius 3 is 2.02 bits per heavy atom. The molecule has 1 heterocycles. The van der Waals surface area contributed by atoms with Gasteiger partial charge >= 0.3 is 17.9 Å². The number of fused-ring (bicyclic) bond motifs is 7. The molecule has 326 valence electrons. The van der Waals surface area contributed by atoms with Crippen molar-refractivity contribution in [1.29, 1.82) is 0 Å². The first-order chi connectivity index (χ1) is 26.8. The lowest BCUT2D eigenvalue weighted by atomic mass is 9.33. The summed E-state index contributed by atoms with van der Waals surface area (Å²) in [7, 11) is 0. The molecule has 7 aliphatic rings. The van der Waals surface area contributed by atoms with Gasteiger partial charge in [-0.25, -0.2) is 4.79 Å². The van der Waals surface area contributed by atoms with Gasteiger partial charge in [0.05, 0.1) is 29.6 Å². The minimum Gasteiger partial charge on any atom is -0.481 e. The van der Waals surface area contributed by atoms with E-state index in [4.69, 9.17) is 14.2 Å². The molecule has 15 nitrogen and oxygen atoms in total. The van der Waals surface area contributed by atoms with Gasteiger partial charge in [-0.2, -0.15) is 0 Å². The number of rotatable bonds is 7. The Kier molecular flexibility index (Phi) is 10.7. The second-order valence-electron chi connectivity index (χ2n) is 21.1. The average molecular weight is 821 g/mol. The number of hydrogen-bond donors (Lipinski definition) is 8. The fourth-order valence-corrected chi connectivity index (χ4v) is 13.8. The number of ketones is 1. The van der Waals surface area contributed by atoms with Gasteiger partial charge in [0.1, 0.15) is 30.5 Å². The maximum absolute atomic E-state index is 14.9. The van der Waals surface area contributed by atoms with Crippen molar-refractivity contribution < 1.29 is 74.2 Å². The number of aliphatic hydroxyl groups is 5. The molecular formula is C43H64O15. The normalized spacial score (nSPS) is 52.6. The molecule has 0 aromatic heterocycles. The van der Waals surface area contributed by atoms with Crippen molar-refractivity contribution in [3.63, 3.8) is 0 Å². The molecule has 8 N–H and O–H groups in total. The van der Waals surface area contributed by atoms with Crippen molar-refractivity contribution in [3.05, 3.63) is 11.6 Å². The standard InChI is InChI=1S/C43H64O15/c1-38(2)24-8-11-43(7)33(22(44)17-20-21-18-40(4,37(54)55)13-12-39(21,3)14-15-42(20,43)6)41(24,5)10-9-25(38)57-36-32(30(49)29(48)31(58-36)35(52)53)56-23-16-19(34(50)51)26(45)28(47)27(23)46/h17,19,21,23-33,36,45-49H,8-16,18H2,1-7H3,(H,50,51)(H,52,53)(H,54,55)/t19-,21-,23+,24+,25-,26+,27+,28-,29-,30-,31-,32+,33-,36-,39-,40-,41-,42+,43+/m0/s1. The molecule has 1 aliphatic heterocycles. The predicted octanol–water partition coefficient (Wildman–Crippen LogP) is 2.91. The van der Waals surface area contributed by atoms with Gasteiger partial charge in [-0.15, -0.1) is 0 Å². The van der Waals surface area contributed by atoms with Crippen molar-refractivity contribution in [1.82, 2.24) is 0 Å². The van der Waals surface area contributed by atoms with Crippen LogP contribution in [0.2, 0.25) is 0 Å². The fraction of sp³-hybridized carbons (Fsp3) is 0.860. The molecule has 0 spiro atoms. The summed E-state index contributed by atoms with van der Waals surface area (Å²) in [4.78, 5) is 51.5. The van der Waals surface area contributed by atoms with E-state index in [0.717, 1.165) is 37.7 Å². The smallest absolute Gasteiger partial charge is 0.335 e. The Morgan fingerprint density at radius 2 is 1.40 bits per heavy atom. The van der Waals surface area contributed by atoms with E-state index in [1.807, 2.05) is 26.8 Å². The van der Waals surface area contributed by atoms with Gasteiger partial charge in [0.2, 0.25) is 0 Å². The largest absolute Gasteiger partial charge is 0.481 e. The molecule has 0 amide bonds. The molecule has 0 bridgehead atoms. The number of carbonyl (C=O) groups is 4. The van der Waals surface area contributed by atoms with Gasteiger partial charge in [0.25, 0.3) is 0 Å². The minimum absolute atomic E-state index is 0.0128. The highest BCUT2D eigenvalue weighted by atomic mass is 16.7. The number of carboxylic acid groups (broad SMARTS) is 3. The average Bonchev–Trinajstić information content (AvgIpc) is 3.13. The highest BCUT2D eigenvalue weighted by Gasteiger charge is 2.71. The van der Waals surface area contributed by atoms with Crippen molar-refractivity contribution in [3.8, 4) is 0 Å². The van der Waals surface area contributed by atoms with Crippen LogP contribution in [0.15, 0.2) is 11.6 Å². The molecule has 19 atom stereocenters. The fourth-order valence-electron chi connectivity index (χ4n) is 13.8. The topological polar surface area (TPSA) is 258 Å². The second-order valence-corrected chi connectivity index (χ2v) is 21.1. The summed E-state index contributed by atoms with van der Waals surface area (Å²) in [5, 5.41) is 83.6. The number of carbonyl (C=O) groups excluding carboxylic acids is 1. The van der Waals surface area contributed by atoms with E-state index in [1.165, 1.54) is 0 Å². The van der Waals surface area contributed by atoms with E-state index in [0.29, 0.717) is 25.7 Å². The summed E-state index contributed by atoms with van der Waals surface area (Å²) in [5.41, 5.74) is -1.71. The number of allylic oxidation sites excluding steroid dienone is 2. The van der Waals surface area contributed by atoms with Gasteiger partial charge in [-0.1, -0.05) is 47.1 Å². The lowest BCUT2D eigenvalue weighted by molar-refractivity contribution is -0.341. The first kappa shape index (κ1) is 43.6. The van der Waals surface area contributed by atoms with Gasteiger partial charge in [-0.05, 0) is 116 Å². The lowest BCUT2D eigenvalue weighted by Gasteiger charge is -2.70. The van der Waals surface area contributed by atoms with E-state index in [1.54, 1.807) is 0 Å². The Labute approximate surface area is 339 Å². The maximum Gasteiger partial charge on any atom is 0.335 e. The molecule has 0 unspecified atom stereocenters. The highest BCUT2D eigenvalue weighted by molar-refractivity contribution is 5.95. The molecule has 0 aromatic rings. The van der Waals surface area contributed by atoms with Crippen LogP contribution in [-0.2, 0) is 33.4 Å². The monoisotopic (exact) mass is 820 g/mol. The number of aliphatic carboxylic acids is 3. The maximum atomic E-state index is 14.9. The van der Waals surface area contributed by atoms with E-state index in [9.17, 15) is 60.0 Å². The number of hydrogen-bond acceptors (Lipinski definition) is 12. The molecular weight excluding hydrogens is 756 g/mol. The molecule has 6 fully saturated rings. The quantitative estimate of drug-likeness (QED) is 0.172. The van der Waals surface area contributed by atoms with Gasteiger partial charge in [-0.3, -0.25) is 14.4 Å². The van der Waals surface area contributed by atoms with E-state index < -0.39 is 113 Å². The number of carboxylic acids is 3. The van der Waals surface area contributed by atoms with Crippen LogP contribution < -0.4 is 0 Å². The van der Waals surface area contributed by atoms with Crippen LogP contribution in [0, 0.1) is 56.2 Å². The van der Waals surface area contributed by atoms with Crippen molar-refractivity contribution in [2.75, 3.05) is 0 Å². The Hall–Kier alpha value is -2.50. The SMILES string of the molecule is CC1(C)[C@@H](O[C@H]2O[C@H](C(=O)O)[C@@H](O)[C@H](O)[C@H]2O[C@@H]2C[C@H](C(=O)O)[C@@H](O)[C@H](O)[C@@H]2O)CC[C@@]2(C)[C@@H]1CC[C@]1(C)[C@H]2C(=O)C=C2[C@@H]3C[C@@](C)(C(=O)O)CC[C@@]3(C)CC[C@]21C. The minimum atomic E-state index is -1.99. The van der Waals surface area contributed by atoms with Crippen molar-refractivity contribution in [2.24, 2.45) is 56.2 Å². The summed E-state index contributed by atoms with van der Waals surface area (Å²) in [6.07, 6.45) is -9.05. The Balaban J connectivity index is 1.17. The zero-order valence-corrected chi connectivity index (χ0v) is 34.7. The van der Waals surface area contributed by atoms with Gasteiger partial charge in [0, 0.05) is 5.92 Å². The third-order valence-corrected chi connectivity index (χ3v) is 17.7. The molecule has 0 aromatic carbocycles. The number of ether oxygens (including phenoxy) is 3. The highest BCUT2D eigenvalue weighted by Crippen LogP contribution is 2.75. The Morgan fingerprint density at radius 1 is 0.741 bits per heavy atom. The zero-order valence-electron chi connectivity index (χ0n) is 34.7. The van der Waals surface area contributed by atoms with Crippen LogP contribution in [0.25, 0.3) is 0 Å². The molecule has 58 heavy (non-hydrogen) atoms. The number of aliphatic hydroxyl groups excluding tert-OH is 5. The molecule has 5 saturated carbocycles. The van der Waals surface area contributed by atoms with Crippen LogP contribution in [0.1, 0.15) is 113 Å². The molecule has 1 saturated heterocycles. The first-order valence-corrected chi connectivity index (χ1v) is 21.1. The second kappa shape index (κ2) is 14.3. The summed E-state index contributed by atoms with van der Waals surface area (Å²) < 4.78 is 18.4. The third-order valence-electron chi connectivity index (χ3n) is 17.7. The van der Waals surface area contributed by atoms with Crippen LogP contribution in [-0.4, -0.2) is 126 Å². The van der Waals surface area contributed by atoms with Gasteiger partial charge in [0.15, 0.2) is 18.2 Å². The predicted molar refractivity (Wildman–Crippen MR) is 203 cm³/mol. The van der Waals surface area contributed by atoms with Crippen LogP contribution >= 0.6 is 0 Å². The van der Waals surface area contributed by atoms with Crippen molar-refractivity contribution >= 4 is 23.7 Å². The molecule has 7 rings (SSSR count). The first-order valence-electron chi connectivity index (χ1n) is 21.1. The van der Waals surface area contributed by atoms with E-state index in [2.05, 4.69) is 27.7 Å². The molecule has 15 heteroatoms. The van der Waals surface area contributed by atoms with Crippen molar-refractivity contribution in [2.45, 2.75) is 174 Å². The van der Waals surface area contributed by atoms with Crippen LogP contribution in [0.3, 0.4) is 0 Å². The summed E-state index contributed by atoms with van der Waals surface area (Å²) in [5.74, 6) is -5.68. The summed E-state index contributed by atoms with van der Waals surface area (Å²) in [6.45, 7) is 14.9. The van der Waals surface area contributed by atoms with E-state index >= 15 is 0 Å². The molecule has 6 aliphatic carbocycles. The third kappa shape index (κ3) is 6.26.